The van der Waals surface area contributed by atoms with E-state index in [9.17, 15) is 20.1 Å². The molecule has 0 saturated heterocycles. The van der Waals surface area contributed by atoms with Gasteiger partial charge < -0.3 is 20.4 Å². The van der Waals surface area contributed by atoms with Crippen LogP contribution < -0.4 is 0 Å². The molecule has 0 amide bonds. The van der Waals surface area contributed by atoms with Crippen LogP contribution in [0.3, 0.4) is 0 Å². The van der Waals surface area contributed by atoms with Gasteiger partial charge in [-0.15, -0.1) is 0 Å². The lowest BCUT2D eigenvalue weighted by atomic mass is 9.89. The number of hydrogen-bond acceptors (Lipinski definition) is 4. The Hall–Kier alpha value is -1.17. The van der Waals surface area contributed by atoms with Gasteiger partial charge in [-0.3, -0.25) is 4.79 Å². The molecule has 0 radical (unpaired) electrons. The highest BCUT2D eigenvalue weighted by atomic mass is 16.4. The van der Waals surface area contributed by atoms with E-state index in [2.05, 4.69) is 6.92 Å². The average Bonchev–Trinajstić information content (AvgIpc) is 2.82. The summed E-state index contributed by atoms with van der Waals surface area (Å²) >= 11 is 0. The second kappa shape index (κ2) is 12.2. The average molecular weight is 354 g/mol. The fourth-order valence-corrected chi connectivity index (χ4v) is 3.41. The molecular weight excluding hydrogens is 320 g/mol. The molecule has 1 fully saturated rings. The Kier molecular flexibility index (Phi) is 10.7. The Balaban J connectivity index is 2.46. The van der Waals surface area contributed by atoms with Gasteiger partial charge in [-0.1, -0.05) is 50.5 Å². The van der Waals surface area contributed by atoms with E-state index in [1.54, 1.807) is 6.08 Å². The molecule has 0 heterocycles. The van der Waals surface area contributed by atoms with Crippen LogP contribution in [0.2, 0.25) is 0 Å². The predicted octanol–water partition coefficient (Wildman–Crippen LogP) is 3.04. The van der Waals surface area contributed by atoms with E-state index in [4.69, 9.17) is 5.11 Å². The quantitative estimate of drug-likeness (QED) is 0.319. The van der Waals surface area contributed by atoms with Crippen LogP contribution >= 0.6 is 0 Å². The van der Waals surface area contributed by atoms with E-state index < -0.39 is 24.3 Å². The van der Waals surface area contributed by atoms with Gasteiger partial charge in [0.2, 0.25) is 0 Å². The van der Waals surface area contributed by atoms with Crippen LogP contribution in [0.5, 0.6) is 0 Å². The van der Waals surface area contributed by atoms with E-state index in [0.29, 0.717) is 25.7 Å². The van der Waals surface area contributed by atoms with Gasteiger partial charge in [0.25, 0.3) is 0 Å². The molecule has 0 aromatic heterocycles. The fourth-order valence-electron chi connectivity index (χ4n) is 3.41. The maximum atomic E-state index is 10.5. The number of carboxylic acids is 1. The van der Waals surface area contributed by atoms with Crippen molar-refractivity contribution >= 4 is 5.97 Å². The molecule has 144 valence electrons. The van der Waals surface area contributed by atoms with Crippen LogP contribution in [0.1, 0.15) is 64.7 Å². The van der Waals surface area contributed by atoms with Gasteiger partial charge in [0.05, 0.1) is 18.3 Å². The van der Waals surface area contributed by atoms with Gasteiger partial charge in [-0.2, -0.15) is 0 Å². The largest absolute Gasteiger partial charge is 0.481 e. The number of aliphatic carboxylic acids is 1. The Labute approximate surface area is 151 Å². The van der Waals surface area contributed by atoms with Gasteiger partial charge in [0.1, 0.15) is 0 Å². The Morgan fingerprint density at radius 2 is 1.92 bits per heavy atom. The van der Waals surface area contributed by atoms with E-state index in [0.717, 1.165) is 25.7 Å². The number of allylic oxidation sites excluding steroid dienone is 2. The van der Waals surface area contributed by atoms with Gasteiger partial charge >= 0.3 is 5.97 Å². The summed E-state index contributed by atoms with van der Waals surface area (Å²) in [6, 6.07) is 0. The third-order valence-electron chi connectivity index (χ3n) is 4.91. The van der Waals surface area contributed by atoms with Crippen LogP contribution in [0.15, 0.2) is 24.3 Å². The summed E-state index contributed by atoms with van der Waals surface area (Å²) in [5.74, 6) is -1.00. The first-order chi connectivity index (χ1) is 12.0. The number of carbonyl (C=O) groups is 1. The Morgan fingerprint density at radius 1 is 1.16 bits per heavy atom. The van der Waals surface area contributed by atoms with E-state index in [1.807, 2.05) is 18.2 Å². The predicted molar refractivity (Wildman–Crippen MR) is 98.1 cm³/mol. The molecule has 0 spiro atoms. The number of aliphatic hydroxyl groups is 3. The minimum atomic E-state index is -0.787. The SMILES string of the molecule is CCCCC[C@H](O)C=C[C@@H]1C(CC=CCCCC(=O)O)[C@@H](O)C[C@H]1O. The fraction of sp³-hybridized carbons (Fsp3) is 0.750. The van der Waals surface area contributed by atoms with Crippen LogP contribution in [-0.2, 0) is 4.79 Å². The van der Waals surface area contributed by atoms with Crippen molar-refractivity contribution < 1.29 is 25.2 Å². The minimum absolute atomic E-state index is 0.0650. The van der Waals surface area contributed by atoms with Gasteiger partial charge in [-0.05, 0) is 31.6 Å². The Morgan fingerprint density at radius 3 is 2.60 bits per heavy atom. The van der Waals surface area contributed by atoms with E-state index >= 15 is 0 Å². The van der Waals surface area contributed by atoms with E-state index in [1.165, 1.54) is 0 Å². The highest BCUT2D eigenvalue weighted by Gasteiger charge is 2.39. The smallest absolute Gasteiger partial charge is 0.303 e. The van der Waals surface area contributed by atoms with Crippen molar-refractivity contribution in [2.75, 3.05) is 0 Å². The standard InChI is InChI=1S/C20H34O5/c1-2-3-6-9-15(21)12-13-17-16(18(22)14-19(17)23)10-7-4-5-8-11-20(24)25/h4,7,12-13,15-19,21-23H,2-3,5-6,8-11,14H2,1H3,(H,24,25)/t15-,16?,17+,18-,19+/m0/s1. The number of aliphatic hydroxyl groups excluding tert-OH is 3. The number of carboxylic acid groups (broad SMARTS) is 1. The third-order valence-corrected chi connectivity index (χ3v) is 4.91. The summed E-state index contributed by atoms with van der Waals surface area (Å²) in [4.78, 5) is 10.5. The molecule has 5 atom stereocenters. The van der Waals surface area contributed by atoms with Crippen molar-refractivity contribution in [2.45, 2.75) is 83.0 Å². The highest BCUT2D eigenvalue weighted by molar-refractivity contribution is 5.66. The summed E-state index contributed by atoms with van der Waals surface area (Å²) < 4.78 is 0. The van der Waals surface area contributed by atoms with Crippen LogP contribution in [0, 0.1) is 11.8 Å². The van der Waals surface area contributed by atoms with E-state index in [-0.39, 0.29) is 18.3 Å². The molecule has 25 heavy (non-hydrogen) atoms. The first-order valence-electron chi connectivity index (χ1n) is 9.55. The maximum absolute atomic E-state index is 10.5. The molecule has 1 rings (SSSR count). The first kappa shape index (κ1) is 21.9. The molecule has 5 nitrogen and oxygen atoms in total. The monoisotopic (exact) mass is 354 g/mol. The number of rotatable bonds is 12. The summed E-state index contributed by atoms with van der Waals surface area (Å²) in [6.45, 7) is 2.12. The van der Waals surface area contributed by atoms with Crippen LogP contribution in [-0.4, -0.2) is 44.7 Å². The highest BCUT2D eigenvalue weighted by Crippen LogP contribution is 2.36. The zero-order valence-electron chi connectivity index (χ0n) is 15.3. The Bertz CT molecular complexity index is 432. The zero-order chi connectivity index (χ0) is 18.7. The lowest BCUT2D eigenvalue weighted by Crippen LogP contribution is -2.20. The van der Waals surface area contributed by atoms with Crippen molar-refractivity contribution in [3.8, 4) is 0 Å². The molecule has 0 bridgehead atoms. The van der Waals surface area contributed by atoms with Crippen molar-refractivity contribution in [3.63, 3.8) is 0 Å². The topological polar surface area (TPSA) is 98.0 Å². The first-order valence-corrected chi connectivity index (χ1v) is 9.55. The van der Waals surface area contributed by atoms with Crippen molar-refractivity contribution in [2.24, 2.45) is 11.8 Å². The van der Waals surface area contributed by atoms with Crippen molar-refractivity contribution in [1.29, 1.82) is 0 Å². The molecule has 5 heteroatoms. The number of hydrogen-bond donors (Lipinski definition) is 4. The summed E-state index contributed by atoms with van der Waals surface area (Å²) in [5.41, 5.74) is 0. The summed E-state index contributed by atoms with van der Waals surface area (Å²) in [6.07, 6.45) is 12.3. The van der Waals surface area contributed by atoms with Gasteiger partial charge in [-0.25, -0.2) is 0 Å². The lowest BCUT2D eigenvalue weighted by Gasteiger charge is -2.19. The second-order valence-electron chi connectivity index (χ2n) is 7.05. The third kappa shape index (κ3) is 8.66. The van der Waals surface area contributed by atoms with Gasteiger partial charge in [0.15, 0.2) is 0 Å². The van der Waals surface area contributed by atoms with Crippen molar-refractivity contribution in [1.82, 2.24) is 0 Å². The van der Waals surface area contributed by atoms with Crippen LogP contribution in [0.4, 0.5) is 0 Å². The lowest BCUT2D eigenvalue weighted by molar-refractivity contribution is -0.137. The maximum Gasteiger partial charge on any atom is 0.303 e. The van der Waals surface area contributed by atoms with Crippen LogP contribution in [0.25, 0.3) is 0 Å². The molecule has 1 aliphatic rings. The second-order valence-corrected chi connectivity index (χ2v) is 7.05. The minimum Gasteiger partial charge on any atom is -0.481 e. The molecular formula is C20H34O5. The normalized spacial score (nSPS) is 28.2. The molecule has 4 N–H and O–H groups in total. The molecule has 0 aromatic rings. The molecule has 1 unspecified atom stereocenters. The summed E-state index contributed by atoms with van der Waals surface area (Å²) in [7, 11) is 0. The summed E-state index contributed by atoms with van der Waals surface area (Å²) in [5, 5.41) is 39.0. The van der Waals surface area contributed by atoms with Gasteiger partial charge in [0, 0.05) is 18.8 Å². The molecule has 1 aliphatic carbocycles. The molecule has 0 aromatic carbocycles. The molecule has 0 aliphatic heterocycles. The molecule has 1 saturated carbocycles. The number of unbranched alkanes of at least 4 members (excludes halogenated alkanes) is 3. The zero-order valence-corrected chi connectivity index (χ0v) is 15.3. The van der Waals surface area contributed by atoms with Crippen molar-refractivity contribution in [3.05, 3.63) is 24.3 Å².